The van der Waals surface area contributed by atoms with E-state index in [-0.39, 0.29) is 20.6 Å². The van der Waals surface area contributed by atoms with Crippen LogP contribution in [0.5, 0.6) is 0 Å². The van der Waals surface area contributed by atoms with Gasteiger partial charge in [0.05, 0.1) is 15.1 Å². The predicted molar refractivity (Wildman–Crippen MR) is 68.9 cm³/mol. The Kier molecular flexibility index (Phi) is 3.78. The minimum atomic E-state index is -0.650. The molecule has 0 spiro atoms. The molecule has 0 unspecified atom stereocenters. The maximum absolute atomic E-state index is 13.7. The smallest absolute Gasteiger partial charge is 0.196 e. The molecule has 0 aliphatic carbocycles. The van der Waals surface area contributed by atoms with Crippen LogP contribution in [0.2, 0.25) is 5.02 Å². The molecule has 18 heavy (non-hydrogen) atoms. The Labute approximate surface area is 116 Å². The summed E-state index contributed by atoms with van der Waals surface area (Å²) in [6.07, 6.45) is 0. The number of carbonyl (C=O) groups is 1. The van der Waals surface area contributed by atoms with Crippen molar-refractivity contribution in [2.45, 2.75) is 0 Å². The van der Waals surface area contributed by atoms with Gasteiger partial charge in [0, 0.05) is 5.56 Å². The van der Waals surface area contributed by atoms with Crippen LogP contribution in [-0.2, 0) is 0 Å². The summed E-state index contributed by atoms with van der Waals surface area (Å²) in [5.41, 5.74) is 0.0467. The molecule has 0 aliphatic rings. The molecule has 1 nitrogen and oxygen atoms in total. The van der Waals surface area contributed by atoms with E-state index in [0.717, 1.165) is 6.07 Å². The van der Waals surface area contributed by atoms with Gasteiger partial charge in [-0.3, -0.25) is 4.79 Å². The van der Waals surface area contributed by atoms with Crippen LogP contribution >= 0.6 is 27.5 Å². The Morgan fingerprint density at radius 3 is 2.56 bits per heavy atom. The number of hydrogen-bond donors (Lipinski definition) is 0. The fourth-order valence-corrected chi connectivity index (χ4v) is 2.02. The summed E-state index contributed by atoms with van der Waals surface area (Å²) < 4.78 is 26.9. The molecule has 0 atom stereocenters. The van der Waals surface area contributed by atoms with Gasteiger partial charge in [0.1, 0.15) is 11.6 Å². The Balaban J connectivity index is 2.48. The van der Waals surface area contributed by atoms with Crippen LogP contribution in [-0.4, -0.2) is 5.78 Å². The second-order valence-corrected chi connectivity index (χ2v) is 4.82. The highest BCUT2D eigenvalue weighted by Crippen LogP contribution is 2.23. The van der Waals surface area contributed by atoms with Gasteiger partial charge in [-0.2, -0.15) is 0 Å². The lowest BCUT2D eigenvalue weighted by atomic mass is 10.0. The molecule has 0 aromatic heterocycles. The van der Waals surface area contributed by atoms with Gasteiger partial charge in [-0.1, -0.05) is 17.7 Å². The number of carbonyl (C=O) groups excluding carboxylic acids is 1. The largest absolute Gasteiger partial charge is 0.288 e. The van der Waals surface area contributed by atoms with Gasteiger partial charge in [0.15, 0.2) is 5.78 Å². The first kappa shape index (κ1) is 13.2. The molecule has 92 valence electrons. The summed E-state index contributed by atoms with van der Waals surface area (Å²) in [4.78, 5) is 12.0. The third-order valence-electron chi connectivity index (χ3n) is 2.38. The zero-order chi connectivity index (χ0) is 13.3. The van der Waals surface area contributed by atoms with Gasteiger partial charge < -0.3 is 0 Å². The third kappa shape index (κ3) is 2.44. The first-order chi connectivity index (χ1) is 8.50. The minimum absolute atomic E-state index is 0.0907. The minimum Gasteiger partial charge on any atom is -0.288 e. The highest BCUT2D eigenvalue weighted by molar-refractivity contribution is 9.10. The van der Waals surface area contributed by atoms with Crippen LogP contribution in [0.4, 0.5) is 8.78 Å². The summed E-state index contributed by atoms with van der Waals surface area (Å²) in [5, 5.41) is -0.170. The van der Waals surface area contributed by atoms with Gasteiger partial charge in [-0.15, -0.1) is 0 Å². The zero-order valence-electron chi connectivity index (χ0n) is 8.88. The van der Waals surface area contributed by atoms with Crippen LogP contribution in [0, 0.1) is 11.6 Å². The quantitative estimate of drug-likeness (QED) is 0.734. The average Bonchev–Trinajstić information content (AvgIpc) is 2.35. The normalized spacial score (nSPS) is 10.4. The Morgan fingerprint density at radius 1 is 1.17 bits per heavy atom. The standard InChI is InChI=1S/C13H6BrClF2O/c14-9-3-1-2-8(12(9)17)13(18)7-4-5-11(16)10(15)6-7/h1-6H. The van der Waals surface area contributed by atoms with Crippen LogP contribution < -0.4 is 0 Å². The summed E-state index contributed by atoms with van der Waals surface area (Å²) >= 11 is 8.59. The van der Waals surface area contributed by atoms with E-state index in [2.05, 4.69) is 15.9 Å². The maximum Gasteiger partial charge on any atom is 0.196 e. The van der Waals surface area contributed by atoms with Gasteiger partial charge in [-0.25, -0.2) is 8.78 Å². The molecule has 0 saturated carbocycles. The van der Waals surface area contributed by atoms with Gasteiger partial charge in [-0.05, 0) is 46.3 Å². The van der Waals surface area contributed by atoms with Crippen LogP contribution in [0.25, 0.3) is 0 Å². The number of benzene rings is 2. The molecule has 0 N–H and O–H groups in total. The van der Waals surface area contributed by atoms with E-state index in [0.29, 0.717) is 0 Å². The SMILES string of the molecule is O=C(c1ccc(F)c(Cl)c1)c1cccc(Br)c1F. The molecule has 2 aromatic carbocycles. The Bertz CT molecular complexity index is 628. The van der Waals surface area contributed by atoms with Crippen molar-refractivity contribution in [1.29, 1.82) is 0 Å². The summed E-state index contributed by atoms with van der Waals surface area (Å²) in [7, 11) is 0. The van der Waals surface area contributed by atoms with Crippen LogP contribution in [0.15, 0.2) is 40.9 Å². The van der Waals surface area contributed by atoms with Crippen molar-refractivity contribution in [2.75, 3.05) is 0 Å². The molecular weight excluding hydrogens is 325 g/mol. The van der Waals surface area contributed by atoms with E-state index in [1.54, 1.807) is 6.07 Å². The van der Waals surface area contributed by atoms with E-state index in [1.807, 2.05) is 0 Å². The van der Waals surface area contributed by atoms with Crippen LogP contribution in [0.3, 0.4) is 0 Å². The highest BCUT2D eigenvalue weighted by Gasteiger charge is 2.16. The lowest BCUT2D eigenvalue weighted by Gasteiger charge is -2.05. The van der Waals surface area contributed by atoms with Crippen molar-refractivity contribution in [2.24, 2.45) is 0 Å². The fraction of sp³-hybridized carbons (Fsp3) is 0. The van der Waals surface area contributed by atoms with E-state index >= 15 is 0 Å². The molecule has 0 radical (unpaired) electrons. The lowest BCUT2D eigenvalue weighted by Crippen LogP contribution is -2.05. The van der Waals surface area contributed by atoms with Crippen molar-refractivity contribution < 1.29 is 13.6 Å². The Morgan fingerprint density at radius 2 is 1.89 bits per heavy atom. The molecule has 0 aliphatic heterocycles. The molecule has 5 heteroatoms. The molecule has 0 amide bonds. The zero-order valence-corrected chi connectivity index (χ0v) is 11.2. The first-order valence-corrected chi connectivity index (χ1v) is 6.11. The van der Waals surface area contributed by atoms with E-state index < -0.39 is 17.4 Å². The molecule has 2 rings (SSSR count). The highest BCUT2D eigenvalue weighted by atomic mass is 79.9. The molecule has 0 saturated heterocycles. The molecule has 0 bridgehead atoms. The topological polar surface area (TPSA) is 17.1 Å². The number of ketones is 1. The van der Waals surface area contributed by atoms with Crippen molar-refractivity contribution in [3.8, 4) is 0 Å². The average molecular weight is 332 g/mol. The molecule has 2 aromatic rings. The second kappa shape index (κ2) is 5.16. The monoisotopic (exact) mass is 330 g/mol. The lowest BCUT2D eigenvalue weighted by molar-refractivity contribution is 0.103. The second-order valence-electron chi connectivity index (χ2n) is 3.56. The van der Waals surface area contributed by atoms with Gasteiger partial charge >= 0.3 is 0 Å². The van der Waals surface area contributed by atoms with Crippen molar-refractivity contribution in [1.82, 2.24) is 0 Å². The molecular formula is C13H6BrClF2O. The first-order valence-electron chi connectivity index (χ1n) is 4.94. The molecule has 0 heterocycles. The van der Waals surface area contributed by atoms with Gasteiger partial charge in [0.25, 0.3) is 0 Å². The summed E-state index contributed by atoms with van der Waals surface area (Å²) in [6.45, 7) is 0. The number of halogens is 4. The van der Waals surface area contributed by atoms with Crippen molar-refractivity contribution >= 4 is 33.3 Å². The van der Waals surface area contributed by atoms with E-state index in [1.165, 1.54) is 24.3 Å². The Hall–Kier alpha value is -1.26. The number of rotatable bonds is 2. The maximum atomic E-state index is 13.7. The van der Waals surface area contributed by atoms with Gasteiger partial charge in [0.2, 0.25) is 0 Å². The summed E-state index contributed by atoms with van der Waals surface area (Å²) in [5.74, 6) is -1.82. The number of hydrogen-bond acceptors (Lipinski definition) is 1. The molecule has 0 fully saturated rings. The summed E-state index contributed by atoms with van der Waals surface area (Å²) in [6, 6.07) is 7.92. The fourth-order valence-electron chi connectivity index (χ4n) is 1.47. The van der Waals surface area contributed by atoms with Crippen LogP contribution in [0.1, 0.15) is 15.9 Å². The van der Waals surface area contributed by atoms with E-state index in [9.17, 15) is 13.6 Å². The third-order valence-corrected chi connectivity index (χ3v) is 3.28. The predicted octanol–water partition coefficient (Wildman–Crippen LogP) is 4.61. The van der Waals surface area contributed by atoms with E-state index in [4.69, 9.17) is 11.6 Å². The van der Waals surface area contributed by atoms with Crippen molar-refractivity contribution in [3.63, 3.8) is 0 Å². The van der Waals surface area contributed by atoms with Crippen molar-refractivity contribution in [3.05, 3.63) is 68.7 Å².